The van der Waals surface area contributed by atoms with Crippen LogP contribution in [0, 0.1) is 6.92 Å². The van der Waals surface area contributed by atoms with Crippen LogP contribution in [0.5, 0.6) is 5.75 Å². The maximum absolute atomic E-state index is 9.64. The molecule has 0 spiro atoms. The molecule has 0 aliphatic rings. The molecule has 3 nitrogen and oxygen atoms in total. The van der Waals surface area contributed by atoms with Crippen molar-refractivity contribution < 1.29 is 9.84 Å². The molecule has 0 bridgehead atoms. The average molecular weight is 237 g/mol. The zero-order valence-corrected chi connectivity index (χ0v) is 10.8. The molecule has 0 unspecified atom stereocenters. The average Bonchev–Trinajstić information content (AvgIpc) is 2.32. The Morgan fingerprint density at radius 2 is 2.12 bits per heavy atom. The molecule has 0 aliphatic carbocycles. The van der Waals surface area contributed by atoms with Gasteiger partial charge in [0.05, 0.1) is 6.61 Å². The largest absolute Gasteiger partial charge is 0.508 e. The molecule has 1 aromatic rings. The van der Waals surface area contributed by atoms with Crippen molar-refractivity contribution in [3.05, 3.63) is 29.3 Å². The van der Waals surface area contributed by atoms with E-state index >= 15 is 0 Å². The van der Waals surface area contributed by atoms with Crippen molar-refractivity contribution in [2.45, 2.75) is 33.2 Å². The molecule has 2 N–H and O–H groups in total. The summed E-state index contributed by atoms with van der Waals surface area (Å²) in [6.07, 6.45) is 2.29. The van der Waals surface area contributed by atoms with Gasteiger partial charge in [0.25, 0.3) is 0 Å². The Morgan fingerprint density at radius 1 is 1.29 bits per heavy atom. The van der Waals surface area contributed by atoms with Crippen molar-refractivity contribution in [1.29, 1.82) is 0 Å². The molecule has 1 aromatic carbocycles. The summed E-state index contributed by atoms with van der Waals surface area (Å²) in [5, 5.41) is 12.9. The Kier molecular flexibility index (Phi) is 6.67. The first-order valence-electron chi connectivity index (χ1n) is 6.31. The van der Waals surface area contributed by atoms with Crippen molar-refractivity contribution in [2.24, 2.45) is 0 Å². The number of benzene rings is 1. The fourth-order valence-electron chi connectivity index (χ4n) is 1.57. The molecule has 17 heavy (non-hydrogen) atoms. The second-order valence-electron chi connectivity index (χ2n) is 4.27. The molecule has 3 heteroatoms. The van der Waals surface area contributed by atoms with Gasteiger partial charge in [0.15, 0.2) is 0 Å². The summed E-state index contributed by atoms with van der Waals surface area (Å²) >= 11 is 0. The first-order valence-corrected chi connectivity index (χ1v) is 6.31. The van der Waals surface area contributed by atoms with E-state index in [1.54, 1.807) is 6.07 Å². The number of phenols is 1. The van der Waals surface area contributed by atoms with Crippen LogP contribution in [0.3, 0.4) is 0 Å². The Labute approximate surface area is 104 Å². The highest BCUT2D eigenvalue weighted by molar-refractivity contribution is 5.35. The number of aryl methyl sites for hydroxylation is 1. The smallest absolute Gasteiger partial charge is 0.120 e. The van der Waals surface area contributed by atoms with Gasteiger partial charge in [-0.05, 0) is 19.4 Å². The minimum atomic E-state index is 0.356. The van der Waals surface area contributed by atoms with Crippen LogP contribution in [-0.2, 0) is 11.3 Å². The summed E-state index contributed by atoms with van der Waals surface area (Å²) < 4.78 is 5.44. The fourth-order valence-corrected chi connectivity index (χ4v) is 1.57. The Morgan fingerprint density at radius 3 is 2.88 bits per heavy atom. The lowest BCUT2D eigenvalue weighted by atomic mass is 10.1. The molecule has 96 valence electrons. The fraction of sp³-hybridized carbons (Fsp3) is 0.571. The van der Waals surface area contributed by atoms with Crippen LogP contribution < -0.4 is 5.32 Å². The van der Waals surface area contributed by atoms with Crippen LogP contribution in [0.25, 0.3) is 0 Å². The van der Waals surface area contributed by atoms with Gasteiger partial charge in [-0.3, -0.25) is 0 Å². The van der Waals surface area contributed by atoms with Gasteiger partial charge in [-0.2, -0.15) is 0 Å². The molecule has 0 atom stereocenters. The molecule has 0 aromatic heterocycles. The van der Waals surface area contributed by atoms with Gasteiger partial charge in [0.2, 0.25) is 0 Å². The normalized spacial score (nSPS) is 10.7. The number of ether oxygens (including phenoxy) is 1. The SMILES string of the molecule is CCCCOCCNCc1cc(C)ccc1O. The molecule has 1 rings (SSSR count). The van der Waals surface area contributed by atoms with Gasteiger partial charge >= 0.3 is 0 Å². The van der Waals surface area contributed by atoms with Crippen molar-refractivity contribution in [1.82, 2.24) is 5.32 Å². The number of nitrogens with one attached hydrogen (secondary N) is 1. The summed E-state index contributed by atoms with van der Waals surface area (Å²) in [6.45, 7) is 7.25. The maximum Gasteiger partial charge on any atom is 0.120 e. The lowest BCUT2D eigenvalue weighted by molar-refractivity contribution is 0.133. The zero-order chi connectivity index (χ0) is 12.5. The highest BCUT2D eigenvalue weighted by Gasteiger charge is 2.00. The monoisotopic (exact) mass is 237 g/mol. The van der Waals surface area contributed by atoms with Crippen molar-refractivity contribution >= 4 is 0 Å². The summed E-state index contributed by atoms with van der Waals surface area (Å²) in [7, 11) is 0. The summed E-state index contributed by atoms with van der Waals surface area (Å²) in [4.78, 5) is 0. The molecule has 0 aliphatic heterocycles. The topological polar surface area (TPSA) is 41.5 Å². The number of hydrogen-bond donors (Lipinski definition) is 2. The second kappa shape index (κ2) is 8.09. The van der Waals surface area contributed by atoms with Crippen molar-refractivity contribution in [2.75, 3.05) is 19.8 Å². The van der Waals surface area contributed by atoms with Crippen molar-refractivity contribution in [3.63, 3.8) is 0 Å². The Hall–Kier alpha value is -1.06. The first-order chi connectivity index (χ1) is 8.24. The van der Waals surface area contributed by atoms with Crippen LogP contribution in [0.1, 0.15) is 30.9 Å². The van der Waals surface area contributed by atoms with Crippen LogP contribution in [0.4, 0.5) is 0 Å². The molecule has 0 fully saturated rings. The molecule has 0 heterocycles. The van der Waals surface area contributed by atoms with Crippen LogP contribution in [-0.4, -0.2) is 24.9 Å². The standard InChI is InChI=1S/C14H23NO2/c1-3-4-8-17-9-7-15-11-13-10-12(2)5-6-14(13)16/h5-6,10,15-16H,3-4,7-9,11H2,1-2H3. The zero-order valence-electron chi connectivity index (χ0n) is 10.8. The highest BCUT2D eigenvalue weighted by Crippen LogP contribution is 2.17. The molecular weight excluding hydrogens is 214 g/mol. The molecule has 0 amide bonds. The predicted octanol–water partition coefficient (Wildman–Crippen LogP) is 2.61. The number of rotatable bonds is 8. The number of phenolic OH excluding ortho intramolecular Hbond substituents is 1. The highest BCUT2D eigenvalue weighted by atomic mass is 16.5. The van der Waals surface area contributed by atoms with E-state index in [9.17, 15) is 5.11 Å². The number of unbranched alkanes of at least 4 members (excludes halogenated alkanes) is 1. The molecule has 0 saturated heterocycles. The summed E-state index contributed by atoms with van der Waals surface area (Å²) in [5.41, 5.74) is 2.11. The van der Waals surface area contributed by atoms with Gasteiger partial charge in [0.1, 0.15) is 5.75 Å². The van der Waals surface area contributed by atoms with Gasteiger partial charge < -0.3 is 15.2 Å². The van der Waals surface area contributed by atoms with Crippen molar-refractivity contribution in [3.8, 4) is 5.75 Å². The van der Waals surface area contributed by atoms with Gasteiger partial charge in [-0.1, -0.05) is 31.0 Å². The third-order valence-electron chi connectivity index (χ3n) is 2.62. The maximum atomic E-state index is 9.64. The van der Waals surface area contributed by atoms with Gasteiger partial charge in [0, 0.05) is 25.3 Å². The Bertz CT molecular complexity index is 326. The molecule has 0 saturated carbocycles. The molecular formula is C14H23NO2. The first kappa shape index (κ1) is 14.0. The van der Waals surface area contributed by atoms with Crippen LogP contribution in [0.2, 0.25) is 0 Å². The van der Waals surface area contributed by atoms with E-state index in [-0.39, 0.29) is 0 Å². The van der Waals surface area contributed by atoms with E-state index in [4.69, 9.17) is 4.74 Å². The van der Waals surface area contributed by atoms with Gasteiger partial charge in [-0.15, -0.1) is 0 Å². The lowest BCUT2D eigenvalue weighted by Gasteiger charge is -2.08. The second-order valence-corrected chi connectivity index (χ2v) is 4.27. The summed E-state index contributed by atoms with van der Waals surface area (Å²) in [6, 6.07) is 5.65. The number of hydrogen-bond acceptors (Lipinski definition) is 3. The van der Waals surface area contributed by atoms with Gasteiger partial charge in [-0.25, -0.2) is 0 Å². The van der Waals surface area contributed by atoms with E-state index in [2.05, 4.69) is 12.2 Å². The lowest BCUT2D eigenvalue weighted by Crippen LogP contribution is -2.19. The molecule has 0 radical (unpaired) electrons. The minimum Gasteiger partial charge on any atom is -0.508 e. The van der Waals surface area contributed by atoms with E-state index in [1.807, 2.05) is 19.1 Å². The number of aromatic hydroxyl groups is 1. The minimum absolute atomic E-state index is 0.356. The van der Waals surface area contributed by atoms with Crippen LogP contribution >= 0.6 is 0 Å². The van der Waals surface area contributed by atoms with Crippen LogP contribution in [0.15, 0.2) is 18.2 Å². The van der Waals surface area contributed by atoms with E-state index in [0.29, 0.717) is 12.3 Å². The van der Waals surface area contributed by atoms with E-state index in [0.717, 1.165) is 31.7 Å². The summed E-state index contributed by atoms with van der Waals surface area (Å²) in [5.74, 6) is 0.356. The third-order valence-corrected chi connectivity index (χ3v) is 2.62. The Balaban J connectivity index is 2.15. The van der Waals surface area contributed by atoms with E-state index in [1.165, 1.54) is 12.0 Å². The predicted molar refractivity (Wildman–Crippen MR) is 70.3 cm³/mol. The van der Waals surface area contributed by atoms with E-state index < -0.39 is 0 Å². The third kappa shape index (κ3) is 5.71. The quantitative estimate of drug-likeness (QED) is 0.683.